The molecular formula is C28H22F2N4O2. The Bertz CT molecular complexity index is 1490. The molecule has 2 aromatic carbocycles. The fraction of sp³-hybridized carbons (Fsp3) is 0.214. The molecule has 0 unspecified atom stereocenters. The molecule has 8 heteroatoms. The van der Waals surface area contributed by atoms with E-state index in [1.165, 1.54) is 6.07 Å². The molecule has 0 bridgehead atoms. The smallest absolute Gasteiger partial charge is 0.260 e. The van der Waals surface area contributed by atoms with Crippen molar-refractivity contribution in [2.45, 2.75) is 38.8 Å². The van der Waals surface area contributed by atoms with Crippen LogP contribution < -0.4 is 4.74 Å². The number of carbonyl (C=O) groups is 1. The quantitative estimate of drug-likeness (QED) is 0.338. The first-order valence-electron chi connectivity index (χ1n) is 11.8. The lowest BCUT2D eigenvalue weighted by Crippen LogP contribution is -2.23. The van der Waals surface area contributed by atoms with Gasteiger partial charge in [-0.1, -0.05) is 24.3 Å². The molecule has 1 saturated carbocycles. The number of hydrogen-bond donors (Lipinski definition) is 0. The van der Waals surface area contributed by atoms with Crippen molar-refractivity contribution < 1.29 is 18.3 Å². The molecule has 1 aliphatic carbocycles. The summed E-state index contributed by atoms with van der Waals surface area (Å²) >= 11 is 0. The van der Waals surface area contributed by atoms with Gasteiger partial charge in [-0.25, -0.2) is 13.8 Å². The van der Waals surface area contributed by atoms with Crippen molar-refractivity contribution in [2.75, 3.05) is 0 Å². The number of benzene rings is 2. The number of aryl methyl sites for hydroxylation is 1. The second-order valence-electron chi connectivity index (χ2n) is 9.28. The molecule has 2 aromatic heterocycles. The molecule has 36 heavy (non-hydrogen) atoms. The number of rotatable bonds is 6. The van der Waals surface area contributed by atoms with Gasteiger partial charge in [0.2, 0.25) is 5.88 Å². The van der Waals surface area contributed by atoms with Crippen LogP contribution >= 0.6 is 0 Å². The van der Waals surface area contributed by atoms with Gasteiger partial charge in [0.25, 0.3) is 5.91 Å². The monoisotopic (exact) mass is 484 g/mol. The van der Waals surface area contributed by atoms with Crippen LogP contribution in [0.4, 0.5) is 8.78 Å². The van der Waals surface area contributed by atoms with Gasteiger partial charge in [0, 0.05) is 36.5 Å². The van der Waals surface area contributed by atoms with Gasteiger partial charge in [-0.3, -0.25) is 4.79 Å². The molecule has 0 radical (unpaired) electrons. The van der Waals surface area contributed by atoms with Crippen LogP contribution in [0.3, 0.4) is 0 Å². The van der Waals surface area contributed by atoms with Gasteiger partial charge in [0.05, 0.1) is 11.9 Å². The molecule has 0 atom stereocenters. The summed E-state index contributed by atoms with van der Waals surface area (Å²) in [6, 6.07) is 13.8. The molecule has 0 spiro atoms. The lowest BCUT2D eigenvalue weighted by molar-refractivity contribution is 0.0764. The highest BCUT2D eigenvalue weighted by atomic mass is 19.1. The average Bonchev–Trinajstić information content (AvgIpc) is 3.66. The van der Waals surface area contributed by atoms with Gasteiger partial charge in [0.15, 0.2) is 11.6 Å². The zero-order chi connectivity index (χ0) is 24.8. The fourth-order valence-electron chi connectivity index (χ4n) is 4.62. The van der Waals surface area contributed by atoms with Crippen LogP contribution in [0.2, 0.25) is 0 Å². The number of nitrogens with zero attached hydrogens (tertiary/aromatic N) is 4. The van der Waals surface area contributed by atoms with Crippen molar-refractivity contribution in [1.82, 2.24) is 20.1 Å². The van der Waals surface area contributed by atoms with Crippen molar-refractivity contribution in [3.05, 3.63) is 101 Å². The molecule has 6 nitrogen and oxygen atoms in total. The summed E-state index contributed by atoms with van der Waals surface area (Å²) in [5.74, 6) is -1.62. The van der Waals surface area contributed by atoms with E-state index in [4.69, 9.17) is 4.74 Å². The molecule has 3 heterocycles. The van der Waals surface area contributed by atoms with Gasteiger partial charge >= 0.3 is 0 Å². The second-order valence-corrected chi connectivity index (χ2v) is 9.28. The van der Waals surface area contributed by atoms with E-state index in [0.29, 0.717) is 24.2 Å². The number of halogens is 2. The van der Waals surface area contributed by atoms with Crippen LogP contribution in [0.5, 0.6) is 11.6 Å². The third-order valence-corrected chi connectivity index (χ3v) is 6.56. The number of hydrogen-bond acceptors (Lipinski definition) is 5. The predicted octanol–water partition coefficient (Wildman–Crippen LogP) is 5.95. The molecule has 1 aliphatic heterocycles. The van der Waals surface area contributed by atoms with E-state index in [-0.39, 0.29) is 23.5 Å². The highest BCUT2D eigenvalue weighted by molar-refractivity contribution is 6.00. The number of pyridine rings is 1. The largest absolute Gasteiger partial charge is 0.435 e. The van der Waals surface area contributed by atoms with Gasteiger partial charge in [-0.15, -0.1) is 0 Å². The number of aromatic nitrogens is 3. The topological polar surface area (TPSA) is 68.2 Å². The first-order valence-corrected chi connectivity index (χ1v) is 11.8. The number of ether oxygens (including phenoxy) is 1. The van der Waals surface area contributed by atoms with Crippen molar-refractivity contribution in [3.8, 4) is 22.8 Å². The summed E-state index contributed by atoms with van der Waals surface area (Å²) in [6.45, 7) is 2.69. The minimum Gasteiger partial charge on any atom is -0.435 e. The third kappa shape index (κ3) is 4.19. The Morgan fingerprint density at radius 2 is 1.86 bits per heavy atom. The molecular weight excluding hydrogens is 462 g/mol. The maximum atomic E-state index is 14.7. The minimum absolute atomic E-state index is 0.0447. The molecule has 180 valence electrons. The van der Waals surface area contributed by atoms with Crippen molar-refractivity contribution in [3.63, 3.8) is 0 Å². The normalized spacial score (nSPS) is 14.8. The number of amides is 1. The van der Waals surface area contributed by atoms with Crippen molar-refractivity contribution in [1.29, 1.82) is 0 Å². The summed E-state index contributed by atoms with van der Waals surface area (Å²) < 4.78 is 34.4. The van der Waals surface area contributed by atoms with E-state index in [1.54, 1.807) is 23.4 Å². The average molecular weight is 485 g/mol. The number of fused-ring (bicyclic) bond motifs is 1. The Balaban J connectivity index is 1.23. The maximum Gasteiger partial charge on any atom is 0.260 e. The highest BCUT2D eigenvalue weighted by Crippen LogP contribution is 2.47. The first kappa shape index (κ1) is 22.3. The summed E-state index contributed by atoms with van der Waals surface area (Å²) in [4.78, 5) is 19.3. The maximum absolute atomic E-state index is 14.7. The van der Waals surface area contributed by atoms with E-state index < -0.39 is 11.6 Å². The molecule has 1 amide bonds. The second kappa shape index (κ2) is 8.78. The Kier molecular flexibility index (Phi) is 5.44. The van der Waals surface area contributed by atoms with Crippen LogP contribution in [0.25, 0.3) is 11.1 Å². The van der Waals surface area contributed by atoms with Crippen LogP contribution in [-0.4, -0.2) is 26.0 Å². The molecule has 6 rings (SSSR count). The van der Waals surface area contributed by atoms with Crippen LogP contribution in [0, 0.1) is 18.6 Å². The Labute approximate surface area is 206 Å². The molecule has 4 aromatic rings. The van der Waals surface area contributed by atoms with Gasteiger partial charge < -0.3 is 9.64 Å². The zero-order valence-electron chi connectivity index (χ0n) is 19.5. The van der Waals surface area contributed by atoms with Crippen LogP contribution in [0.15, 0.2) is 60.9 Å². The Morgan fingerprint density at radius 3 is 2.61 bits per heavy atom. The fourth-order valence-corrected chi connectivity index (χ4v) is 4.62. The molecule has 1 fully saturated rings. The third-order valence-electron chi connectivity index (χ3n) is 6.56. The van der Waals surface area contributed by atoms with E-state index in [1.807, 2.05) is 37.3 Å². The van der Waals surface area contributed by atoms with E-state index in [9.17, 15) is 13.6 Å². The minimum atomic E-state index is -0.793. The van der Waals surface area contributed by atoms with Gasteiger partial charge in [0.1, 0.15) is 11.4 Å². The Hall–Kier alpha value is -4.20. The van der Waals surface area contributed by atoms with Gasteiger partial charge in [-0.2, -0.15) is 10.2 Å². The standard InChI is InChI=1S/C28H22F2N4O2/c1-16-10-21(13-32-33-16)18-4-2-17(3-5-18)14-34-15-20-8-9-31-27(25(20)28(34)35)36-26-23(19-6-7-19)11-22(29)12-24(26)30/h2-5,8-13,19H,6-7,14-15H2,1H3. The summed E-state index contributed by atoms with van der Waals surface area (Å²) in [7, 11) is 0. The molecule has 0 N–H and O–H groups in total. The van der Waals surface area contributed by atoms with Crippen molar-refractivity contribution in [2.24, 2.45) is 0 Å². The lowest BCUT2D eigenvalue weighted by atomic mass is 10.1. The van der Waals surface area contributed by atoms with E-state index in [2.05, 4.69) is 15.2 Å². The lowest BCUT2D eigenvalue weighted by Gasteiger charge is -2.16. The molecule has 0 saturated heterocycles. The molecule has 2 aliphatic rings. The summed E-state index contributed by atoms with van der Waals surface area (Å²) in [5, 5.41) is 7.99. The van der Waals surface area contributed by atoms with E-state index in [0.717, 1.165) is 46.9 Å². The van der Waals surface area contributed by atoms with E-state index >= 15 is 0 Å². The van der Waals surface area contributed by atoms with Crippen molar-refractivity contribution >= 4 is 5.91 Å². The summed E-state index contributed by atoms with van der Waals surface area (Å²) in [5.41, 5.74) is 5.36. The SMILES string of the molecule is Cc1cc(-c2ccc(CN3Cc4ccnc(Oc5c(F)cc(F)cc5C5CC5)c4C3=O)cc2)cnn1. The van der Waals surface area contributed by atoms with Gasteiger partial charge in [-0.05, 0) is 60.6 Å². The first-order chi connectivity index (χ1) is 17.5. The highest BCUT2D eigenvalue weighted by Gasteiger charge is 2.34. The summed E-state index contributed by atoms with van der Waals surface area (Å²) in [6.07, 6.45) is 4.96. The Morgan fingerprint density at radius 1 is 1.06 bits per heavy atom. The zero-order valence-corrected chi connectivity index (χ0v) is 19.5. The van der Waals surface area contributed by atoms with Crippen LogP contribution in [0.1, 0.15) is 51.5 Å². The predicted molar refractivity (Wildman–Crippen MR) is 128 cm³/mol. The number of carbonyl (C=O) groups excluding carboxylic acids is 1. The van der Waals surface area contributed by atoms with Crippen LogP contribution in [-0.2, 0) is 13.1 Å².